The zero-order valence-electron chi connectivity index (χ0n) is 36.1. The minimum absolute atomic E-state index is 0.112. The molecule has 0 saturated carbocycles. The molecule has 12 rings (SSSR count). The van der Waals surface area contributed by atoms with E-state index in [0.717, 1.165) is 55.6 Å². The second-order valence-corrected chi connectivity index (χ2v) is 17.5. The van der Waals surface area contributed by atoms with Crippen molar-refractivity contribution in [2.45, 2.75) is 19.3 Å². The number of aromatic nitrogens is 4. The van der Waals surface area contributed by atoms with Crippen molar-refractivity contribution in [1.29, 1.82) is 0 Å². The molecule has 0 unspecified atom stereocenters. The number of rotatable bonds is 7. The molecule has 0 spiro atoms. The van der Waals surface area contributed by atoms with Gasteiger partial charge in [0.1, 0.15) is 0 Å². The maximum absolute atomic E-state index is 5.25. The lowest BCUT2D eigenvalue weighted by Crippen LogP contribution is -2.15. The normalized spacial score (nSPS) is 12.6. The highest BCUT2D eigenvalue weighted by molar-refractivity contribution is 6.09. The van der Waals surface area contributed by atoms with Gasteiger partial charge in [0, 0.05) is 33.9 Å². The van der Waals surface area contributed by atoms with E-state index < -0.39 is 0 Å². The van der Waals surface area contributed by atoms with Gasteiger partial charge in [-0.3, -0.25) is 4.98 Å². The summed E-state index contributed by atoms with van der Waals surface area (Å²) in [4.78, 5) is 20.2. The Balaban J connectivity index is 1.02. The minimum atomic E-state index is -0.112. The fourth-order valence-corrected chi connectivity index (χ4v) is 9.79. The van der Waals surface area contributed by atoms with Crippen LogP contribution in [0.25, 0.3) is 111 Å². The third-order valence-corrected chi connectivity index (χ3v) is 13.1. The van der Waals surface area contributed by atoms with Gasteiger partial charge in [-0.05, 0) is 126 Å². The van der Waals surface area contributed by atoms with Crippen molar-refractivity contribution in [3.63, 3.8) is 0 Å². The van der Waals surface area contributed by atoms with E-state index in [4.69, 9.17) is 15.0 Å². The van der Waals surface area contributed by atoms with Gasteiger partial charge in [-0.1, -0.05) is 178 Å². The molecule has 2 heterocycles. The monoisotopic (exact) mass is 830 g/mol. The van der Waals surface area contributed by atoms with Crippen LogP contribution in [0.1, 0.15) is 25.0 Å². The molecule has 0 fully saturated rings. The van der Waals surface area contributed by atoms with Gasteiger partial charge in [0.15, 0.2) is 17.5 Å². The van der Waals surface area contributed by atoms with Gasteiger partial charge in [-0.25, -0.2) is 15.0 Å². The summed E-state index contributed by atoms with van der Waals surface area (Å²) in [7, 11) is 0. The van der Waals surface area contributed by atoms with Crippen LogP contribution in [0.5, 0.6) is 0 Å². The Morgan fingerprint density at radius 2 is 0.908 bits per heavy atom. The number of nitrogens with zero attached hydrogens (tertiary/aromatic N) is 4. The molecule has 0 N–H and O–H groups in total. The molecule has 0 aliphatic heterocycles. The molecule has 11 aromatic rings. The quantitative estimate of drug-likeness (QED) is 0.161. The average molecular weight is 831 g/mol. The molecular formula is C61H42N4. The first-order valence-electron chi connectivity index (χ1n) is 22.2. The maximum atomic E-state index is 5.25. The zero-order chi connectivity index (χ0) is 43.5. The van der Waals surface area contributed by atoms with Crippen molar-refractivity contribution in [1.82, 2.24) is 19.9 Å². The second kappa shape index (κ2) is 15.5. The molecular weight excluding hydrogens is 789 g/mol. The number of hydrogen-bond donors (Lipinski definition) is 0. The molecule has 0 atom stereocenters. The van der Waals surface area contributed by atoms with Gasteiger partial charge < -0.3 is 0 Å². The fourth-order valence-electron chi connectivity index (χ4n) is 9.79. The largest absolute Gasteiger partial charge is 0.256 e. The van der Waals surface area contributed by atoms with Crippen molar-refractivity contribution in [3.8, 4) is 89.9 Å². The lowest BCUT2D eigenvalue weighted by Gasteiger charge is -2.23. The van der Waals surface area contributed by atoms with Crippen molar-refractivity contribution >= 4 is 21.5 Å². The second-order valence-electron chi connectivity index (χ2n) is 17.5. The van der Waals surface area contributed by atoms with E-state index in [1.165, 1.54) is 49.5 Å². The standard InChI is InChI=1S/C61H42N4/c1-61(2)54-24-11-10-23-52(54)57-51-22-9-8-21-50(51)53(38-55(57)61)41-29-26-40(27-30-41)47-35-48(44-19-14-20-45(33-44)56-25-12-13-32-62-56)37-49(36-47)60-64-58(42-16-4-3-5-17-42)63-59(65-60)46-31-28-39-15-6-7-18-43(39)34-46/h3-38H,1-2H3. The fraction of sp³-hybridized carbons (Fsp3) is 0.0492. The van der Waals surface area contributed by atoms with Gasteiger partial charge in [-0.15, -0.1) is 0 Å². The summed E-state index contributed by atoms with van der Waals surface area (Å²) in [6, 6.07) is 75.6. The molecule has 1 aliphatic carbocycles. The van der Waals surface area contributed by atoms with Crippen LogP contribution in [0.15, 0.2) is 219 Å². The van der Waals surface area contributed by atoms with Crippen LogP contribution in [-0.4, -0.2) is 19.9 Å². The van der Waals surface area contributed by atoms with Gasteiger partial charge in [0.25, 0.3) is 0 Å². The van der Waals surface area contributed by atoms with Crippen molar-refractivity contribution in [2.24, 2.45) is 0 Å². The number of hydrogen-bond acceptors (Lipinski definition) is 4. The van der Waals surface area contributed by atoms with E-state index in [9.17, 15) is 0 Å². The van der Waals surface area contributed by atoms with Gasteiger partial charge in [0.05, 0.1) is 5.69 Å². The highest BCUT2D eigenvalue weighted by Crippen LogP contribution is 2.53. The summed E-state index contributed by atoms with van der Waals surface area (Å²) in [5.41, 5.74) is 16.8. The van der Waals surface area contributed by atoms with Crippen LogP contribution in [0.2, 0.25) is 0 Å². The van der Waals surface area contributed by atoms with E-state index >= 15 is 0 Å². The first kappa shape index (κ1) is 38.3. The van der Waals surface area contributed by atoms with Crippen molar-refractivity contribution in [3.05, 3.63) is 230 Å². The van der Waals surface area contributed by atoms with Gasteiger partial charge >= 0.3 is 0 Å². The van der Waals surface area contributed by atoms with Crippen LogP contribution >= 0.6 is 0 Å². The SMILES string of the molecule is CC1(C)c2ccccc2-c2c1cc(-c1ccc(-c3cc(-c4cccc(-c5ccccn5)c4)cc(-c4nc(-c5ccccc5)nc(-c5ccc6ccccc6c5)n4)c3)cc1)c1ccccc21. The third-order valence-electron chi connectivity index (χ3n) is 13.1. The summed E-state index contributed by atoms with van der Waals surface area (Å²) in [6.07, 6.45) is 1.84. The van der Waals surface area contributed by atoms with E-state index in [1.807, 2.05) is 36.5 Å². The lowest BCUT2D eigenvalue weighted by molar-refractivity contribution is 0.661. The van der Waals surface area contributed by atoms with E-state index in [1.54, 1.807) is 0 Å². The zero-order valence-corrected chi connectivity index (χ0v) is 36.1. The Hall–Kier alpha value is -8.34. The molecule has 65 heavy (non-hydrogen) atoms. The van der Waals surface area contributed by atoms with Crippen molar-refractivity contribution < 1.29 is 0 Å². The van der Waals surface area contributed by atoms with Crippen LogP contribution < -0.4 is 0 Å². The number of fused-ring (bicyclic) bond motifs is 6. The maximum Gasteiger partial charge on any atom is 0.164 e. The molecule has 4 nitrogen and oxygen atoms in total. The van der Waals surface area contributed by atoms with Crippen LogP contribution in [-0.2, 0) is 5.41 Å². The molecule has 0 saturated heterocycles. The van der Waals surface area contributed by atoms with Gasteiger partial charge in [0.2, 0.25) is 0 Å². The summed E-state index contributed by atoms with van der Waals surface area (Å²) in [5.74, 6) is 1.86. The van der Waals surface area contributed by atoms with Crippen molar-refractivity contribution in [2.75, 3.05) is 0 Å². The van der Waals surface area contributed by atoms with Crippen LogP contribution in [0, 0.1) is 0 Å². The summed E-state index contributed by atoms with van der Waals surface area (Å²) in [5, 5.41) is 4.86. The highest BCUT2D eigenvalue weighted by atomic mass is 15.0. The lowest BCUT2D eigenvalue weighted by atomic mass is 9.80. The summed E-state index contributed by atoms with van der Waals surface area (Å²) >= 11 is 0. The summed E-state index contributed by atoms with van der Waals surface area (Å²) < 4.78 is 0. The first-order valence-corrected chi connectivity index (χ1v) is 22.2. The summed E-state index contributed by atoms with van der Waals surface area (Å²) in [6.45, 7) is 4.71. The van der Waals surface area contributed by atoms with Gasteiger partial charge in [-0.2, -0.15) is 0 Å². The molecule has 0 amide bonds. The number of pyridine rings is 1. The van der Waals surface area contributed by atoms with Crippen LogP contribution in [0.4, 0.5) is 0 Å². The molecule has 0 radical (unpaired) electrons. The minimum Gasteiger partial charge on any atom is -0.256 e. The van der Waals surface area contributed by atoms with Crippen LogP contribution in [0.3, 0.4) is 0 Å². The molecule has 1 aliphatic rings. The van der Waals surface area contributed by atoms with E-state index in [0.29, 0.717) is 17.5 Å². The molecule has 4 heteroatoms. The Bertz CT molecular complexity index is 3610. The highest BCUT2D eigenvalue weighted by Gasteiger charge is 2.37. The molecule has 9 aromatic carbocycles. The van der Waals surface area contributed by atoms with E-state index in [2.05, 4.69) is 201 Å². The third kappa shape index (κ3) is 6.79. The molecule has 306 valence electrons. The first-order chi connectivity index (χ1) is 31.9. The Morgan fingerprint density at radius 3 is 1.71 bits per heavy atom. The number of benzene rings is 9. The topological polar surface area (TPSA) is 51.6 Å². The Morgan fingerprint density at radius 1 is 0.323 bits per heavy atom. The molecule has 0 bridgehead atoms. The van der Waals surface area contributed by atoms with E-state index in [-0.39, 0.29) is 5.41 Å². The molecule has 2 aromatic heterocycles. The Labute approximate surface area is 378 Å². The average Bonchev–Trinajstić information content (AvgIpc) is 3.61. The predicted molar refractivity (Wildman–Crippen MR) is 268 cm³/mol. The Kier molecular flexibility index (Phi) is 9.13. The smallest absolute Gasteiger partial charge is 0.164 e. The predicted octanol–water partition coefficient (Wildman–Crippen LogP) is 15.5.